The SMILES string of the molecule is CC(C)(C)OC(=O)NCCCC(=O)NC1=NN(c2ccc(Cl)c(Cl)c2)CC1. The molecule has 1 aliphatic rings. The molecule has 0 fully saturated rings. The lowest BCUT2D eigenvalue weighted by Crippen LogP contribution is -2.34. The number of amides is 2. The van der Waals surface area contributed by atoms with E-state index < -0.39 is 11.7 Å². The fraction of sp³-hybridized carbons (Fsp3) is 0.500. The van der Waals surface area contributed by atoms with Crippen LogP contribution in [0.4, 0.5) is 10.5 Å². The number of carbonyl (C=O) groups excluding carboxylic acids is 2. The van der Waals surface area contributed by atoms with E-state index in [0.717, 1.165) is 5.69 Å². The summed E-state index contributed by atoms with van der Waals surface area (Å²) >= 11 is 11.9. The van der Waals surface area contributed by atoms with Crippen molar-refractivity contribution in [1.82, 2.24) is 10.6 Å². The molecule has 0 unspecified atom stereocenters. The maximum atomic E-state index is 12.0. The molecule has 0 bridgehead atoms. The van der Waals surface area contributed by atoms with Gasteiger partial charge in [-0.25, -0.2) is 4.79 Å². The molecule has 0 aliphatic carbocycles. The Morgan fingerprint density at radius 1 is 1.26 bits per heavy atom. The lowest BCUT2D eigenvalue weighted by atomic mass is 10.2. The van der Waals surface area contributed by atoms with Gasteiger partial charge in [0.25, 0.3) is 0 Å². The van der Waals surface area contributed by atoms with Crippen LogP contribution in [-0.4, -0.2) is 36.5 Å². The Labute approximate surface area is 169 Å². The van der Waals surface area contributed by atoms with Crippen molar-refractivity contribution in [3.05, 3.63) is 28.2 Å². The van der Waals surface area contributed by atoms with Gasteiger partial charge in [-0.3, -0.25) is 9.80 Å². The predicted molar refractivity (Wildman–Crippen MR) is 107 cm³/mol. The van der Waals surface area contributed by atoms with Gasteiger partial charge in [-0.05, 0) is 45.4 Å². The Morgan fingerprint density at radius 2 is 2.00 bits per heavy atom. The predicted octanol–water partition coefficient (Wildman–Crippen LogP) is 3.94. The third-order valence-electron chi connectivity index (χ3n) is 3.54. The van der Waals surface area contributed by atoms with Gasteiger partial charge in [0.2, 0.25) is 5.91 Å². The molecule has 1 heterocycles. The molecular formula is C18H24Cl2N4O3. The highest BCUT2D eigenvalue weighted by Gasteiger charge is 2.19. The number of rotatable bonds is 5. The maximum Gasteiger partial charge on any atom is 0.407 e. The number of alkyl carbamates (subject to hydrolysis) is 1. The minimum atomic E-state index is -0.539. The van der Waals surface area contributed by atoms with E-state index in [1.54, 1.807) is 37.9 Å². The number of hydrogen-bond acceptors (Lipinski definition) is 5. The van der Waals surface area contributed by atoms with Crippen molar-refractivity contribution in [3.8, 4) is 0 Å². The Hall–Kier alpha value is -1.99. The molecule has 148 valence electrons. The summed E-state index contributed by atoms with van der Waals surface area (Å²) in [6.07, 6.45) is 0.929. The fourth-order valence-electron chi connectivity index (χ4n) is 2.35. The second-order valence-electron chi connectivity index (χ2n) is 7.10. The molecule has 0 spiro atoms. The number of nitrogens with zero attached hydrogens (tertiary/aromatic N) is 2. The first kappa shape index (κ1) is 21.3. The molecule has 9 heteroatoms. The summed E-state index contributed by atoms with van der Waals surface area (Å²) in [5.41, 5.74) is 0.276. The topological polar surface area (TPSA) is 83.0 Å². The van der Waals surface area contributed by atoms with Crippen molar-refractivity contribution >= 4 is 46.7 Å². The van der Waals surface area contributed by atoms with Crippen molar-refractivity contribution < 1.29 is 14.3 Å². The zero-order valence-electron chi connectivity index (χ0n) is 15.6. The van der Waals surface area contributed by atoms with Crippen LogP contribution in [0.25, 0.3) is 0 Å². The molecule has 1 aromatic carbocycles. The average molecular weight is 415 g/mol. The van der Waals surface area contributed by atoms with Gasteiger partial charge in [-0.15, -0.1) is 0 Å². The van der Waals surface area contributed by atoms with Crippen LogP contribution in [0.5, 0.6) is 0 Å². The highest BCUT2D eigenvalue weighted by Crippen LogP contribution is 2.28. The second-order valence-corrected chi connectivity index (χ2v) is 7.91. The Balaban J connectivity index is 1.73. The number of halogens is 2. The number of carbonyl (C=O) groups is 2. The number of anilines is 1. The molecule has 0 saturated heterocycles. The number of amidine groups is 1. The first-order chi connectivity index (χ1) is 12.6. The summed E-state index contributed by atoms with van der Waals surface area (Å²) in [5, 5.41) is 12.5. The Kier molecular flexibility index (Phi) is 7.33. The molecule has 7 nitrogen and oxygen atoms in total. The number of hydrogen-bond donors (Lipinski definition) is 2. The molecule has 27 heavy (non-hydrogen) atoms. The Bertz CT molecular complexity index is 732. The maximum absolute atomic E-state index is 12.0. The van der Waals surface area contributed by atoms with Crippen molar-refractivity contribution in [3.63, 3.8) is 0 Å². The summed E-state index contributed by atoms with van der Waals surface area (Å²) in [7, 11) is 0. The largest absolute Gasteiger partial charge is 0.444 e. The van der Waals surface area contributed by atoms with Crippen LogP contribution in [0.3, 0.4) is 0 Å². The van der Waals surface area contributed by atoms with E-state index in [1.807, 2.05) is 6.07 Å². The second kappa shape index (κ2) is 9.28. The van der Waals surface area contributed by atoms with Gasteiger partial charge in [-0.2, -0.15) is 5.10 Å². The van der Waals surface area contributed by atoms with Crippen LogP contribution >= 0.6 is 23.2 Å². The molecule has 0 saturated carbocycles. The van der Waals surface area contributed by atoms with Crippen LogP contribution < -0.4 is 15.6 Å². The zero-order valence-corrected chi connectivity index (χ0v) is 17.2. The average Bonchev–Trinajstić information content (AvgIpc) is 3.01. The van der Waals surface area contributed by atoms with Crippen molar-refractivity contribution in [2.24, 2.45) is 5.10 Å². The Morgan fingerprint density at radius 3 is 2.67 bits per heavy atom. The molecule has 0 radical (unpaired) electrons. The number of hydrazone groups is 1. The monoisotopic (exact) mass is 414 g/mol. The lowest BCUT2D eigenvalue weighted by Gasteiger charge is -2.19. The van der Waals surface area contributed by atoms with Crippen molar-refractivity contribution in [2.75, 3.05) is 18.1 Å². The molecule has 1 aliphatic heterocycles. The first-order valence-electron chi connectivity index (χ1n) is 8.71. The lowest BCUT2D eigenvalue weighted by molar-refractivity contribution is -0.119. The minimum Gasteiger partial charge on any atom is -0.444 e. The molecule has 2 amide bonds. The van der Waals surface area contributed by atoms with E-state index in [9.17, 15) is 9.59 Å². The van der Waals surface area contributed by atoms with Crippen LogP contribution in [0.1, 0.15) is 40.0 Å². The van der Waals surface area contributed by atoms with Crippen molar-refractivity contribution in [2.45, 2.75) is 45.6 Å². The van der Waals surface area contributed by atoms with E-state index in [1.165, 1.54) is 0 Å². The van der Waals surface area contributed by atoms with Gasteiger partial charge < -0.3 is 15.4 Å². The highest BCUT2D eigenvalue weighted by molar-refractivity contribution is 6.42. The smallest absolute Gasteiger partial charge is 0.407 e. The minimum absolute atomic E-state index is 0.143. The third-order valence-corrected chi connectivity index (χ3v) is 4.27. The molecule has 2 N–H and O–H groups in total. The summed E-state index contributed by atoms with van der Waals surface area (Å²) in [4.78, 5) is 23.5. The summed E-state index contributed by atoms with van der Waals surface area (Å²) in [5.74, 6) is 0.460. The van der Waals surface area contributed by atoms with Gasteiger partial charge in [0, 0.05) is 25.9 Å². The van der Waals surface area contributed by atoms with Gasteiger partial charge in [0.15, 0.2) is 0 Å². The summed E-state index contributed by atoms with van der Waals surface area (Å²) < 4.78 is 5.13. The quantitative estimate of drug-likeness (QED) is 0.714. The van der Waals surface area contributed by atoms with Gasteiger partial charge >= 0.3 is 6.09 Å². The normalized spacial score (nSPS) is 14.0. The van der Waals surface area contributed by atoms with E-state index in [0.29, 0.717) is 41.8 Å². The number of nitrogens with one attached hydrogen (secondary N) is 2. The summed E-state index contributed by atoms with van der Waals surface area (Å²) in [6.45, 7) is 6.40. The standard InChI is InChI=1S/C18H24Cl2N4O3/c1-18(2,3)27-17(26)21-9-4-5-16(25)22-15-8-10-24(23-15)12-6-7-13(19)14(20)11-12/h6-7,11H,4-5,8-10H2,1-3H3,(H,21,26)(H,22,23,25). The molecule has 0 atom stereocenters. The molecule has 0 aromatic heterocycles. The van der Waals surface area contributed by atoms with E-state index in [4.69, 9.17) is 27.9 Å². The highest BCUT2D eigenvalue weighted by atomic mass is 35.5. The van der Waals surface area contributed by atoms with E-state index >= 15 is 0 Å². The van der Waals surface area contributed by atoms with Gasteiger partial charge in [0.1, 0.15) is 11.4 Å². The summed E-state index contributed by atoms with van der Waals surface area (Å²) in [6, 6.07) is 5.27. The molecule has 2 rings (SSSR count). The molecule has 1 aromatic rings. The van der Waals surface area contributed by atoms with E-state index in [-0.39, 0.29) is 12.3 Å². The van der Waals surface area contributed by atoms with Crippen LogP contribution in [-0.2, 0) is 9.53 Å². The fourth-order valence-corrected chi connectivity index (χ4v) is 2.65. The van der Waals surface area contributed by atoms with Crippen LogP contribution in [0.2, 0.25) is 10.0 Å². The molecular weight excluding hydrogens is 391 g/mol. The van der Waals surface area contributed by atoms with Crippen LogP contribution in [0, 0.1) is 0 Å². The zero-order chi connectivity index (χ0) is 20.0. The number of benzene rings is 1. The van der Waals surface area contributed by atoms with Crippen molar-refractivity contribution in [1.29, 1.82) is 0 Å². The third kappa shape index (κ3) is 7.27. The van der Waals surface area contributed by atoms with Crippen LogP contribution in [0.15, 0.2) is 23.3 Å². The van der Waals surface area contributed by atoms with E-state index in [2.05, 4.69) is 15.7 Å². The van der Waals surface area contributed by atoms with Gasteiger partial charge in [-0.1, -0.05) is 23.2 Å². The first-order valence-corrected chi connectivity index (χ1v) is 9.46. The van der Waals surface area contributed by atoms with Gasteiger partial charge in [0.05, 0.1) is 15.7 Å². The number of ether oxygens (including phenoxy) is 1.